The van der Waals surface area contributed by atoms with Crippen LogP contribution in [0.15, 0.2) is 54.6 Å². The van der Waals surface area contributed by atoms with Crippen LogP contribution in [0.5, 0.6) is 5.75 Å². The molecule has 0 spiro atoms. The Hall–Kier alpha value is -4.44. The highest BCUT2D eigenvalue weighted by Gasteiger charge is 2.39. The number of rotatable bonds is 19. The van der Waals surface area contributed by atoms with Gasteiger partial charge in [-0.2, -0.15) is 0 Å². The van der Waals surface area contributed by atoms with E-state index in [1.165, 1.54) is 5.56 Å². The predicted molar refractivity (Wildman–Crippen MR) is 212 cm³/mol. The van der Waals surface area contributed by atoms with Gasteiger partial charge in [-0.1, -0.05) is 42.5 Å². The van der Waals surface area contributed by atoms with Crippen molar-refractivity contribution in [1.29, 1.82) is 0 Å². The van der Waals surface area contributed by atoms with Gasteiger partial charge in [-0.25, -0.2) is 9.59 Å². The molecule has 5 rings (SSSR count). The average molecular weight is 796 g/mol. The first-order valence-corrected chi connectivity index (χ1v) is 20.2. The molecule has 5 amide bonds. The minimum absolute atomic E-state index is 0.0285. The third-order valence-electron chi connectivity index (χ3n) is 10.1. The van der Waals surface area contributed by atoms with E-state index >= 15 is 0 Å². The maximum Gasteiger partial charge on any atom is 0.407 e. The summed E-state index contributed by atoms with van der Waals surface area (Å²) in [5.74, 6) is 0.964. The lowest BCUT2D eigenvalue weighted by atomic mass is 9.76. The first-order chi connectivity index (χ1) is 27.6. The number of hydrogen-bond donors (Lipinski definition) is 3. The molecular formula is C42H61N5O10. The zero-order chi connectivity index (χ0) is 40.5. The predicted octanol–water partition coefficient (Wildman–Crippen LogP) is 3.70. The van der Waals surface area contributed by atoms with Crippen molar-refractivity contribution >= 4 is 23.9 Å². The molecule has 0 aromatic heterocycles. The second-order valence-corrected chi connectivity index (χ2v) is 15.5. The minimum Gasteiger partial charge on any atom is -0.492 e. The summed E-state index contributed by atoms with van der Waals surface area (Å²) in [5, 5.41) is 8.51. The van der Waals surface area contributed by atoms with E-state index in [0.29, 0.717) is 84.8 Å². The number of likely N-dealkylation sites (tertiary alicyclic amines) is 2. The molecule has 0 aliphatic carbocycles. The molecule has 15 heteroatoms. The lowest BCUT2D eigenvalue weighted by Crippen LogP contribution is -2.62. The smallest absolute Gasteiger partial charge is 0.407 e. The molecule has 0 saturated carbocycles. The van der Waals surface area contributed by atoms with Crippen LogP contribution in [0.3, 0.4) is 0 Å². The van der Waals surface area contributed by atoms with E-state index in [0.717, 1.165) is 30.6 Å². The number of ether oxygens (including phenoxy) is 6. The molecule has 57 heavy (non-hydrogen) atoms. The minimum atomic E-state index is -0.537. The first kappa shape index (κ1) is 43.7. The van der Waals surface area contributed by atoms with Crippen molar-refractivity contribution in [3.05, 3.63) is 65.7 Å². The summed E-state index contributed by atoms with van der Waals surface area (Å²) < 4.78 is 33.3. The van der Waals surface area contributed by atoms with E-state index in [1.807, 2.05) is 28.0 Å². The highest BCUT2D eigenvalue weighted by molar-refractivity contribution is 5.79. The molecule has 15 nitrogen and oxygen atoms in total. The zero-order valence-corrected chi connectivity index (χ0v) is 33.7. The fraction of sp³-hybridized carbons (Fsp3) is 0.619. The summed E-state index contributed by atoms with van der Waals surface area (Å²) in [6.45, 7) is 11.2. The van der Waals surface area contributed by atoms with Crippen LogP contribution in [0.2, 0.25) is 0 Å². The highest BCUT2D eigenvalue weighted by Crippen LogP contribution is 2.39. The van der Waals surface area contributed by atoms with Gasteiger partial charge in [0.15, 0.2) is 0 Å². The summed E-state index contributed by atoms with van der Waals surface area (Å²) >= 11 is 0. The molecule has 3 N–H and O–H groups in total. The summed E-state index contributed by atoms with van der Waals surface area (Å²) in [6, 6.07) is 18.5. The van der Waals surface area contributed by atoms with E-state index < -0.39 is 11.7 Å². The van der Waals surface area contributed by atoms with E-state index in [1.54, 1.807) is 20.8 Å². The lowest BCUT2D eigenvalue weighted by Gasteiger charge is -2.44. The Bertz CT molecular complexity index is 1570. The molecule has 3 heterocycles. The van der Waals surface area contributed by atoms with E-state index in [2.05, 4.69) is 52.3 Å². The number of morpholine rings is 1. The first-order valence-electron chi connectivity index (χ1n) is 20.2. The number of urea groups is 1. The van der Waals surface area contributed by atoms with Crippen molar-refractivity contribution in [1.82, 2.24) is 25.8 Å². The van der Waals surface area contributed by atoms with Crippen molar-refractivity contribution in [2.75, 3.05) is 92.1 Å². The number of nitrogens with zero attached hydrogens (tertiary/aromatic N) is 2. The second kappa shape index (κ2) is 22.5. The highest BCUT2D eigenvalue weighted by atomic mass is 16.6. The van der Waals surface area contributed by atoms with Gasteiger partial charge in [0.25, 0.3) is 0 Å². The number of benzene rings is 2. The molecule has 1 unspecified atom stereocenters. The number of amides is 5. The number of carbonyl (C=O) groups excluding carboxylic acids is 4. The van der Waals surface area contributed by atoms with Gasteiger partial charge in [0.05, 0.1) is 58.3 Å². The van der Waals surface area contributed by atoms with Crippen molar-refractivity contribution in [3.8, 4) is 5.75 Å². The Kier molecular flexibility index (Phi) is 17.2. The number of fused-ring (bicyclic) bond motifs is 1. The van der Waals surface area contributed by atoms with Crippen molar-refractivity contribution in [3.63, 3.8) is 0 Å². The number of alkyl carbamates (subject to hydrolysis) is 1. The Morgan fingerprint density at radius 3 is 2.21 bits per heavy atom. The number of piperidine rings is 2. The lowest BCUT2D eigenvalue weighted by molar-refractivity contribution is -0.139. The van der Waals surface area contributed by atoms with Gasteiger partial charge >= 0.3 is 12.1 Å². The number of carbonyl (C=O) groups is 4. The van der Waals surface area contributed by atoms with Crippen molar-refractivity contribution < 1.29 is 47.6 Å². The number of hydrogen-bond acceptors (Lipinski definition) is 10. The van der Waals surface area contributed by atoms with E-state index in [-0.39, 0.29) is 55.5 Å². The van der Waals surface area contributed by atoms with Gasteiger partial charge in [-0.3, -0.25) is 9.59 Å². The largest absolute Gasteiger partial charge is 0.492 e. The quantitative estimate of drug-likeness (QED) is 0.179. The average Bonchev–Trinajstić information content (AvgIpc) is 3.19. The maximum atomic E-state index is 13.5. The fourth-order valence-electron chi connectivity index (χ4n) is 7.39. The third kappa shape index (κ3) is 14.8. The van der Waals surface area contributed by atoms with Crippen LogP contribution < -0.4 is 20.7 Å². The Balaban J connectivity index is 0.960. The summed E-state index contributed by atoms with van der Waals surface area (Å²) in [5.41, 5.74) is 1.85. The van der Waals surface area contributed by atoms with Gasteiger partial charge in [0.1, 0.15) is 24.6 Å². The Labute approximate surface area is 336 Å². The topological polar surface area (TPSA) is 166 Å². The van der Waals surface area contributed by atoms with Crippen LogP contribution in [0.1, 0.15) is 63.5 Å². The van der Waals surface area contributed by atoms with Gasteiger partial charge in [0, 0.05) is 45.1 Å². The molecule has 314 valence electrons. The molecule has 3 aliphatic heterocycles. The zero-order valence-electron chi connectivity index (χ0n) is 33.7. The van der Waals surface area contributed by atoms with Gasteiger partial charge in [0.2, 0.25) is 11.8 Å². The van der Waals surface area contributed by atoms with Crippen LogP contribution in [-0.2, 0) is 33.3 Å². The molecule has 3 fully saturated rings. The molecule has 3 aliphatic rings. The van der Waals surface area contributed by atoms with Gasteiger partial charge in [-0.15, -0.1) is 0 Å². The molecule has 2 aromatic rings. The van der Waals surface area contributed by atoms with Crippen LogP contribution in [0.4, 0.5) is 9.59 Å². The van der Waals surface area contributed by atoms with Gasteiger partial charge < -0.3 is 54.2 Å². The molecule has 3 saturated heterocycles. The molecule has 2 aromatic carbocycles. The Morgan fingerprint density at radius 1 is 0.807 bits per heavy atom. The normalized spacial score (nSPS) is 19.2. The third-order valence-corrected chi connectivity index (χ3v) is 10.1. The molecule has 3 atom stereocenters. The SMILES string of the molecule is CC(C)(C)OC(=O)NCCOCCOCCOCCC(=O)NCCOc1cccc(C(c2ccccc2)C2CCN(C(=O)N3CC[C@@H]4OCC(=O)N[C@@H]4C3)CC2)c1. The second-order valence-electron chi connectivity index (χ2n) is 15.5. The van der Waals surface area contributed by atoms with Crippen molar-refractivity contribution in [2.24, 2.45) is 5.92 Å². The van der Waals surface area contributed by atoms with Crippen LogP contribution >= 0.6 is 0 Å². The summed E-state index contributed by atoms with van der Waals surface area (Å²) in [7, 11) is 0. The van der Waals surface area contributed by atoms with Crippen LogP contribution in [-0.4, -0.2) is 144 Å². The number of nitrogens with one attached hydrogen (secondary N) is 3. The van der Waals surface area contributed by atoms with Crippen LogP contribution in [0, 0.1) is 5.92 Å². The maximum absolute atomic E-state index is 13.5. The van der Waals surface area contributed by atoms with Crippen molar-refractivity contribution in [2.45, 2.75) is 70.1 Å². The molecular weight excluding hydrogens is 734 g/mol. The summed E-state index contributed by atoms with van der Waals surface area (Å²) in [6.07, 6.45) is 2.19. The van der Waals surface area contributed by atoms with Crippen LogP contribution in [0.25, 0.3) is 0 Å². The summed E-state index contributed by atoms with van der Waals surface area (Å²) in [4.78, 5) is 53.2. The van der Waals surface area contributed by atoms with Gasteiger partial charge in [-0.05, 0) is 69.2 Å². The standard InChI is InChI=1S/C42H61N5O10/c1-42(2,3)57-40(50)44-16-22-53-25-27-54-26-24-52-21-15-37(48)43-17-23-55-34-11-7-10-33(28-34)39(31-8-5-4-6-9-31)32-12-18-46(19-13-32)41(51)47-20-14-36-35(29-47)45-38(49)30-56-36/h4-11,28,32,35-36,39H,12-27,29-30H2,1-3H3,(H,43,48)(H,44,50)(H,45,49)/t35-,36+,39?/m1/s1. The molecule has 0 bridgehead atoms. The van der Waals surface area contributed by atoms with E-state index in [9.17, 15) is 19.2 Å². The van der Waals surface area contributed by atoms with E-state index in [4.69, 9.17) is 28.4 Å². The Morgan fingerprint density at radius 2 is 1.47 bits per heavy atom. The monoisotopic (exact) mass is 795 g/mol. The fourth-order valence-corrected chi connectivity index (χ4v) is 7.39. The molecule has 0 radical (unpaired) electrons.